The summed E-state index contributed by atoms with van der Waals surface area (Å²) in [5.41, 5.74) is 1.59. The highest BCUT2D eigenvalue weighted by Gasteiger charge is 2.19. The van der Waals surface area contributed by atoms with Crippen LogP contribution in [0.5, 0.6) is 0 Å². The van der Waals surface area contributed by atoms with Gasteiger partial charge in [0.1, 0.15) is 5.82 Å². The number of carbonyl (C=O) groups excluding carboxylic acids is 1. The summed E-state index contributed by atoms with van der Waals surface area (Å²) in [6.07, 6.45) is 2.78. The lowest BCUT2D eigenvalue weighted by Gasteiger charge is -2.20. The molecule has 0 spiro atoms. The molecule has 1 aliphatic heterocycles. The average Bonchev–Trinajstić information content (AvgIpc) is 2.86. The Morgan fingerprint density at radius 2 is 2.32 bits per heavy atom. The Bertz CT molecular complexity index is 455. The van der Waals surface area contributed by atoms with Crippen molar-refractivity contribution in [2.45, 2.75) is 38.8 Å². The minimum Gasteiger partial charge on any atom is -0.341 e. The summed E-state index contributed by atoms with van der Waals surface area (Å²) >= 11 is 0. The second kappa shape index (κ2) is 6.15. The van der Waals surface area contributed by atoms with Crippen molar-refractivity contribution in [2.24, 2.45) is 0 Å². The van der Waals surface area contributed by atoms with Crippen LogP contribution < -0.4 is 5.32 Å². The molecule has 3 nitrogen and oxygen atoms in total. The number of hydrogen-bond donors (Lipinski definition) is 1. The van der Waals surface area contributed by atoms with Crippen molar-refractivity contribution in [3.05, 3.63) is 35.1 Å². The van der Waals surface area contributed by atoms with Crippen molar-refractivity contribution in [3.8, 4) is 0 Å². The molecule has 1 fully saturated rings. The Labute approximate surface area is 113 Å². The molecule has 0 saturated carbocycles. The fourth-order valence-corrected chi connectivity index (χ4v) is 2.46. The first kappa shape index (κ1) is 14.0. The normalized spacial score (nSPS) is 18.6. The first-order chi connectivity index (χ1) is 9.06. The first-order valence-electron chi connectivity index (χ1n) is 6.78. The summed E-state index contributed by atoms with van der Waals surface area (Å²) in [7, 11) is 1.80. The molecule has 1 aromatic carbocycles. The number of nitrogens with one attached hydrogen (secondary N) is 1. The summed E-state index contributed by atoms with van der Waals surface area (Å²) in [5, 5.41) is 3.33. The summed E-state index contributed by atoms with van der Waals surface area (Å²) in [4.78, 5) is 13.8. The van der Waals surface area contributed by atoms with E-state index in [1.807, 2.05) is 0 Å². The maximum Gasteiger partial charge on any atom is 0.224 e. The smallest absolute Gasteiger partial charge is 0.224 e. The van der Waals surface area contributed by atoms with Crippen molar-refractivity contribution in [1.29, 1.82) is 0 Å². The SMILES string of the molecule is Cc1cc(CN(C)C(=O)CC2CCCN2)ccc1F. The van der Waals surface area contributed by atoms with Crippen LogP contribution in [0.1, 0.15) is 30.4 Å². The molecule has 104 valence electrons. The van der Waals surface area contributed by atoms with Gasteiger partial charge in [0.05, 0.1) is 0 Å². The van der Waals surface area contributed by atoms with Gasteiger partial charge in [-0.25, -0.2) is 4.39 Å². The van der Waals surface area contributed by atoms with Gasteiger partial charge >= 0.3 is 0 Å². The lowest BCUT2D eigenvalue weighted by molar-refractivity contribution is -0.130. The number of nitrogens with zero attached hydrogens (tertiary/aromatic N) is 1. The van der Waals surface area contributed by atoms with Gasteiger partial charge < -0.3 is 10.2 Å². The van der Waals surface area contributed by atoms with Gasteiger partial charge in [0.25, 0.3) is 0 Å². The molecular weight excluding hydrogens is 243 g/mol. The van der Waals surface area contributed by atoms with Crippen molar-refractivity contribution < 1.29 is 9.18 Å². The van der Waals surface area contributed by atoms with Gasteiger partial charge in [-0.2, -0.15) is 0 Å². The Balaban J connectivity index is 1.90. The Hall–Kier alpha value is -1.42. The summed E-state index contributed by atoms with van der Waals surface area (Å²) < 4.78 is 13.2. The van der Waals surface area contributed by atoms with Gasteiger partial charge in [-0.3, -0.25) is 4.79 Å². The van der Waals surface area contributed by atoms with E-state index in [1.54, 1.807) is 31.0 Å². The zero-order chi connectivity index (χ0) is 13.8. The van der Waals surface area contributed by atoms with E-state index in [0.29, 0.717) is 24.6 Å². The third-order valence-corrected chi connectivity index (χ3v) is 3.65. The quantitative estimate of drug-likeness (QED) is 0.904. The molecule has 1 N–H and O–H groups in total. The van der Waals surface area contributed by atoms with Crippen molar-refractivity contribution in [3.63, 3.8) is 0 Å². The predicted octanol–water partition coefficient (Wildman–Crippen LogP) is 2.23. The number of amides is 1. The van der Waals surface area contributed by atoms with Gasteiger partial charge in [0.15, 0.2) is 0 Å². The molecule has 1 atom stereocenters. The molecule has 2 rings (SSSR count). The largest absolute Gasteiger partial charge is 0.341 e. The highest BCUT2D eigenvalue weighted by atomic mass is 19.1. The predicted molar refractivity (Wildman–Crippen MR) is 73.3 cm³/mol. The third kappa shape index (κ3) is 3.77. The van der Waals surface area contributed by atoms with Crippen LogP contribution in [0.4, 0.5) is 4.39 Å². The maximum absolute atomic E-state index is 13.2. The molecule has 4 heteroatoms. The number of aryl methyl sites for hydroxylation is 1. The molecule has 1 aliphatic rings. The zero-order valence-electron chi connectivity index (χ0n) is 11.6. The monoisotopic (exact) mass is 264 g/mol. The summed E-state index contributed by atoms with van der Waals surface area (Å²) in [6, 6.07) is 5.32. The number of halogens is 1. The van der Waals surface area contributed by atoms with Crippen LogP contribution in [0.15, 0.2) is 18.2 Å². The van der Waals surface area contributed by atoms with Gasteiger partial charge in [-0.05, 0) is 43.5 Å². The van der Waals surface area contributed by atoms with Gasteiger partial charge in [-0.15, -0.1) is 0 Å². The van der Waals surface area contributed by atoms with E-state index in [-0.39, 0.29) is 11.7 Å². The third-order valence-electron chi connectivity index (χ3n) is 3.65. The van der Waals surface area contributed by atoms with Crippen LogP contribution in [0, 0.1) is 12.7 Å². The van der Waals surface area contributed by atoms with E-state index in [0.717, 1.165) is 24.9 Å². The molecule has 1 aromatic rings. The second-order valence-corrected chi connectivity index (χ2v) is 5.33. The Morgan fingerprint density at radius 1 is 1.53 bits per heavy atom. The first-order valence-corrected chi connectivity index (χ1v) is 6.78. The second-order valence-electron chi connectivity index (χ2n) is 5.33. The molecule has 19 heavy (non-hydrogen) atoms. The average molecular weight is 264 g/mol. The number of benzene rings is 1. The Morgan fingerprint density at radius 3 is 2.95 bits per heavy atom. The minimum absolute atomic E-state index is 0.140. The van der Waals surface area contributed by atoms with Crippen molar-refractivity contribution >= 4 is 5.91 Å². The standard InChI is InChI=1S/C15H21FN2O/c1-11-8-12(5-6-14(11)16)10-18(2)15(19)9-13-4-3-7-17-13/h5-6,8,13,17H,3-4,7,9-10H2,1-2H3. The van der Waals surface area contributed by atoms with Gasteiger partial charge in [-0.1, -0.05) is 12.1 Å². The summed E-state index contributed by atoms with van der Waals surface area (Å²) in [5.74, 6) is -0.0609. The minimum atomic E-state index is -0.201. The van der Waals surface area contributed by atoms with Crippen LogP contribution in [-0.2, 0) is 11.3 Å². The van der Waals surface area contributed by atoms with Crippen LogP contribution in [-0.4, -0.2) is 30.4 Å². The topological polar surface area (TPSA) is 32.3 Å². The van der Waals surface area contributed by atoms with E-state index >= 15 is 0 Å². The van der Waals surface area contributed by atoms with E-state index in [2.05, 4.69) is 5.32 Å². The van der Waals surface area contributed by atoms with E-state index in [1.165, 1.54) is 6.07 Å². The lowest BCUT2D eigenvalue weighted by atomic mass is 10.1. The molecular formula is C15H21FN2O. The van der Waals surface area contributed by atoms with Gasteiger partial charge in [0.2, 0.25) is 5.91 Å². The number of rotatable bonds is 4. The van der Waals surface area contributed by atoms with Gasteiger partial charge in [0, 0.05) is 26.1 Å². The highest BCUT2D eigenvalue weighted by molar-refractivity contribution is 5.76. The molecule has 0 bridgehead atoms. The molecule has 0 aromatic heterocycles. The van der Waals surface area contributed by atoms with Crippen LogP contribution in [0.25, 0.3) is 0 Å². The molecule has 0 aliphatic carbocycles. The lowest BCUT2D eigenvalue weighted by Crippen LogP contribution is -2.33. The maximum atomic E-state index is 13.2. The number of carbonyl (C=O) groups is 1. The van der Waals surface area contributed by atoms with Crippen molar-refractivity contribution in [2.75, 3.05) is 13.6 Å². The summed E-state index contributed by atoms with van der Waals surface area (Å²) in [6.45, 7) is 3.29. The highest BCUT2D eigenvalue weighted by Crippen LogP contribution is 2.13. The number of hydrogen-bond acceptors (Lipinski definition) is 2. The molecule has 1 unspecified atom stereocenters. The van der Waals surface area contributed by atoms with Crippen LogP contribution in [0.3, 0.4) is 0 Å². The molecule has 0 radical (unpaired) electrons. The zero-order valence-corrected chi connectivity index (χ0v) is 11.6. The van der Waals surface area contributed by atoms with Crippen LogP contribution in [0.2, 0.25) is 0 Å². The fourth-order valence-electron chi connectivity index (χ4n) is 2.46. The van der Waals surface area contributed by atoms with E-state index in [4.69, 9.17) is 0 Å². The molecule has 1 amide bonds. The fraction of sp³-hybridized carbons (Fsp3) is 0.533. The molecule has 1 saturated heterocycles. The van der Waals surface area contributed by atoms with Crippen molar-refractivity contribution in [1.82, 2.24) is 10.2 Å². The van der Waals surface area contributed by atoms with E-state index < -0.39 is 0 Å². The van der Waals surface area contributed by atoms with Crippen LogP contribution >= 0.6 is 0 Å². The Kier molecular flexibility index (Phi) is 4.53. The van der Waals surface area contributed by atoms with E-state index in [9.17, 15) is 9.18 Å². The molecule has 1 heterocycles.